The number of benzene rings is 1. The third kappa shape index (κ3) is 2.19. The van der Waals surface area contributed by atoms with Crippen LogP contribution >= 0.6 is 0 Å². The van der Waals surface area contributed by atoms with Gasteiger partial charge in [-0.2, -0.15) is 18.2 Å². The van der Waals surface area contributed by atoms with Gasteiger partial charge < -0.3 is 10.3 Å². The molecule has 0 spiro atoms. The third-order valence-corrected chi connectivity index (χ3v) is 1.93. The van der Waals surface area contributed by atoms with Crippen LogP contribution in [0.2, 0.25) is 0 Å². The van der Waals surface area contributed by atoms with Crippen LogP contribution in [0.25, 0.3) is 11.4 Å². The van der Waals surface area contributed by atoms with Gasteiger partial charge in [0.25, 0.3) is 0 Å². The molecule has 0 unspecified atom stereocenters. The molecular weight excluding hydrogens is 242 g/mol. The highest BCUT2D eigenvalue weighted by Crippen LogP contribution is 2.29. The number of hydrogen-bond donors (Lipinski definition) is 1. The number of rotatable bonds is 1. The summed E-state index contributed by atoms with van der Waals surface area (Å²) in [5, 5.41) is 3.11. The van der Waals surface area contributed by atoms with Crippen LogP contribution < -0.4 is 5.73 Å². The Kier molecular flexibility index (Phi) is 2.49. The van der Waals surface area contributed by atoms with Crippen molar-refractivity contribution in [3.05, 3.63) is 29.9 Å². The number of aromatic nitrogens is 2. The van der Waals surface area contributed by atoms with E-state index >= 15 is 0 Å². The molecule has 2 aromatic rings. The molecule has 0 amide bonds. The molecule has 4 nitrogen and oxygen atoms in total. The van der Waals surface area contributed by atoms with Crippen LogP contribution in [-0.2, 0) is 6.18 Å². The Bertz CT molecular complexity index is 549. The molecule has 0 fully saturated rings. The van der Waals surface area contributed by atoms with Gasteiger partial charge in [0.15, 0.2) is 0 Å². The summed E-state index contributed by atoms with van der Waals surface area (Å²) in [4.78, 5) is 3.11. The maximum atomic E-state index is 13.1. The Morgan fingerprint density at radius 3 is 2.47 bits per heavy atom. The van der Waals surface area contributed by atoms with Crippen molar-refractivity contribution in [1.82, 2.24) is 10.1 Å². The molecule has 8 heteroatoms. The molecule has 0 bridgehead atoms. The Morgan fingerprint density at radius 2 is 1.94 bits per heavy atom. The van der Waals surface area contributed by atoms with E-state index < -0.39 is 17.9 Å². The zero-order chi connectivity index (χ0) is 12.6. The summed E-state index contributed by atoms with van der Waals surface area (Å²) >= 11 is 0. The first-order valence-corrected chi connectivity index (χ1v) is 4.34. The largest absolute Gasteiger partial charge is 0.471 e. The van der Waals surface area contributed by atoms with Crippen LogP contribution in [0.4, 0.5) is 23.2 Å². The van der Waals surface area contributed by atoms with E-state index in [1.807, 2.05) is 0 Å². The van der Waals surface area contributed by atoms with E-state index in [4.69, 9.17) is 5.73 Å². The fourth-order valence-corrected chi connectivity index (χ4v) is 1.12. The Labute approximate surface area is 92.0 Å². The molecule has 1 heterocycles. The van der Waals surface area contributed by atoms with E-state index in [9.17, 15) is 17.6 Å². The van der Waals surface area contributed by atoms with Gasteiger partial charge in [0.1, 0.15) is 5.82 Å². The summed E-state index contributed by atoms with van der Waals surface area (Å²) in [5.74, 6) is -2.60. The van der Waals surface area contributed by atoms with Crippen molar-refractivity contribution in [3.63, 3.8) is 0 Å². The van der Waals surface area contributed by atoms with Crippen LogP contribution in [0.15, 0.2) is 22.7 Å². The average Bonchev–Trinajstić information content (AvgIpc) is 2.70. The molecule has 17 heavy (non-hydrogen) atoms. The fraction of sp³-hybridized carbons (Fsp3) is 0.111. The molecule has 2 rings (SSSR count). The summed E-state index contributed by atoms with van der Waals surface area (Å²) in [6.45, 7) is 0. The number of hydrogen-bond acceptors (Lipinski definition) is 4. The lowest BCUT2D eigenvalue weighted by atomic mass is 10.2. The van der Waals surface area contributed by atoms with Crippen molar-refractivity contribution >= 4 is 5.69 Å². The van der Waals surface area contributed by atoms with Gasteiger partial charge in [-0.25, -0.2) is 4.39 Å². The minimum atomic E-state index is -4.72. The summed E-state index contributed by atoms with van der Waals surface area (Å²) in [6, 6.07) is 3.43. The molecule has 1 aromatic heterocycles. The van der Waals surface area contributed by atoms with Crippen molar-refractivity contribution in [3.8, 4) is 11.4 Å². The molecule has 0 aliphatic heterocycles. The summed E-state index contributed by atoms with van der Waals surface area (Å²) in [7, 11) is 0. The summed E-state index contributed by atoms with van der Waals surface area (Å²) < 4.78 is 53.6. The Morgan fingerprint density at radius 1 is 1.24 bits per heavy atom. The van der Waals surface area contributed by atoms with Crippen LogP contribution in [0, 0.1) is 5.82 Å². The highest BCUT2D eigenvalue weighted by molar-refractivity contribution is 5.58. The number of nitrogens with zero attached hydrogens (tertiary/aromatic N) is 2. The molecule has 0 aliphatic carbocycles. The number of nitrogens with two attached hydrogens (primary N) is 1. The fourth-order valence-electron chi connectivity index (χ4n) is 1.12. The monoisotopic (exact) mass is 247 g/mol. The lowest BCUT2D eigenvalue weighted by Gasteiger charge is -1.98. The van der Waals surface area contributed by atoms with Gasteiger partial charge in [0.05, 0.1) is 5.69 Å². The molecule has 2 N–H and O–H groups in total. The second-order valence-electron chi connectivity index (χ2n) is 3.16. The number of anilines is 1. The van der Waals surface area contributed by atoms with Crippen molar-refractivity contribution in [1.29, 1.82) is 0 Å². The lowest BCUT2D eigenvalue weighted by molar-refractivity contribution is -0.159. The van der Waals surface area contributed by atoms with E-state index in [-0.39, 0.29) is 17.1 Å². The molecule has 1 aromatic carbocycles. The second kappa shape index (κ2) is 3.72. The van der Waals surface area contributed by atoms with E-state index in [0.29, 0.717) is 0 Å². The Balaban J connectivity index is 2.40. The highest BCUT2D eigenvalue weighted by Gasteiger charge is 2.38. The van der Waals surface area contributed by atoms with Gasteiger partial charge in [0, 0.05) is 5.56 Å². The van der Waals surface area contributed by atoms with Crippen LogP contribution in [0.3, 0.4) is 0 Å². The second-order valence-corrected chi connectivity index (χ2v) is 3.16. The molecule has 0 atom stereocenters. The van der Waals surface area contributed by atoms with Crippen molar-refractivity contribution in [2.24, 2.45) is 0 Å². The lowest BCUT2D eigenvalue weighted by Crippen LogP contribution is -2.04. The molecular formula is C9H5F4N3O. The first kappa shape index (κ1) is 11.4. The van der Waals surface area contributed by atoms with Crippen molar-refractivity contribution in [2.75, 3.05) is 5.73 Å². The predicted octanol–water partition coefficient (Wildman–Crippen LogP) is 2.48. The highest BCUT2D eigenvalue weighted by atomic mass is 19.4. The van der Waals surface area contributed by atoms with Gasteiger partial charge >= 0.3 is 12.1 Å². The van der Waals surface area contributed by atoms with Gasteiger partial charge in [-0.15, -0.1) is 0 Å². The third-order valence-electron chi connectivity index (χ3n) is 1.93. The number of halogens is 4. The topological polar surface area (TPSA) is 64.9 Å². The van der Waals surface area contributed by atoms with Gasteiger partial charge in [-0.1, -0.05) is 5.16 Å². The van der Waals surface area contributed by atoms with E-state index in [1.165, 1.54) is 12.1 Å². The van der Waals surface area contributed by atoms with Crippen LogP contribution in [0.1, 0.15) is 5.89 Å². The first-order valence-electron chi connectivity index (χ1n) is 4.34. The normalized spacial score (nSPS) is 11.8. The quantitative estimate of drug-likeness (QED) is 0.621. The predicted molar refractivity (Wildman–Crippen MR) is 49.1 cm³/mol. The van der Waals surface area contributed by atoms with E-state index in [1.54, 1.807) is 0 Å². The van der Waals surface area contributed by atoms with Crippen molar-refractivity contribution in [2.45, 2.75) is 6.18 Å². The van der Waals surface area contributed by atoms with Crippen LogP contribution in [0.5, 0.6) is 0 Å². The summed E-state index contributed by atoms with van der Waals surface area (Å²) in [5.41, 5.74) is 5.16. The SMILES string of the molecule is Nc1ccc(-c2noc(C(F)(F)F)n2)cc1F. The average molecular weight is 247 g/mol. The van der Waals surface area contributed by atoms with Crippen molar-refractivity contribution < 1.29 is 22.1 Å². The Hall–Kier alpha value is -2.12. The smallest absolute Gasteiger partial charge is 0.396 e. The zero-order valence-electron chi connectivity index (χ0n) is 8.12. The molecule has 0 aliphatic rings. The standard InChI is InChI=1S/C9H5F4N3O/c10-5-3-4(1-2-6(5)14)7-15-8(17-16-7)9(11,12)13/h1-3H,14H2. The number of alkyl halides is 3. The van der Waals surface area contributed by atoms with Gasteiger partial charge in [0.2, 0.25) is 5.82 Å². The van der Waals surface area contributed by atoms with Gasteiger partial charge in [-0.3, -0.25) is 0 Å². The maximum absolute atomic E-state index is 13.1. The minimum Gasteiger partial charge on any atom is -0.396 e. The molecule has 0 radical (unpaired) electrons. The maximum Gasteiger partial charge on any atom is 0.471 e. The van der Waals surface area contributed by atoms with Gasteiger partial charge in [-0.05, 0) is 18.2 Å². The zero-order valence-corrected chi connectivity index (χ0v) is 8.12. The first-order chi connectivity index (χ1) is 7.88. The summed E-state index contributed by atoms with van der Waals surface area (Å²) in [6.07, 6.45) is -4.72. The van der Waals surface area contributed by atoms with E-state index in [2.05, 4.69) is 14.7 Å². The van der Waals surface area contributed by atoms with Crippen LogP contribution in [-0.4, -0.2) is 10.1 Å². The van der Waals surface area contributed by atoms with E-state index in [0.717, 1.165) is 6.07 Å². The molecule has 0 saturated carbocycles. The number of nitrogen functional groups attached to an aromatic ring is 1. The molecule has 0 saturated heterocycles. The molecule has 90 valence electrons. The minimum absolute atomic E-state index is 0.0518.